The summed E-state index contributed by atoms with van der Waals surface area (Å²) < 4.78 is 45.2. The van der Waals surface area contributed by atoms with Crippen LogP contribution < -0.4 is 10.6 Å². The fourth-order valence-electron chi connectivity index (χ4n) is 2.15. The van der Waals surface area contributed by atoms with Crippen molar-refractivity contribution in [3.05, 3.63) is 11.5 Å². The van der Waals surface area contributed by atoms with E-state index in [9.17, 15) is 21.6 Å². The molecule has 0 aromatic carbocycles. The first-order chi connectivity index (χ1) is 8.76. The normalized spacial score (nSPS) is 32.0. The minimum absolute atomic E-state index is 0.0314. The lowest BCUT2D eigenvalue weighted by Crippen LogP contribution is -2.48. The molecule has 0 aromatic rings. The van der Waals surface area contributed by atoms with Crippen molar-refractivity contribution in [1.82, 2.24) is 10.6 Å². The molecule has 1 amide bonds. The highest BCUT2D eigenvalue weighted by molar-refractivity contribution is 7.94. The Morgan fingerprint density at radius 3 is 2.58 bits per heavy atom. The molecule has 0 bridgehead atoms. The van der Waals surface area contributed by atoms with Crippen LogP contribution in [-0.2, 0) is 24.5 Å². The van der Waals surface area contributed by atoms with Gasteiger partial charge in [-0.1, -0.05) is 0 Å². The van der Waals surface area contributed by atoms with Crippen molar-refractivity contribution in [2.75, 3.05) is 23.8 Å². The molecule has 2 heterocycles. The van der Waals surface area contributed by atoms with Crippen LogP contribution in [0.4, 0.5) is 0 Å². The summed E-state index contributed by atoms with van der Waals surface area (Å²) in [6, 6.07) is -0.918. The zero-order valence-electron chi connectivity index (χ0n) is 10.2. The second-order valence-corrected chi connectivity index (χ2v) is 8.96. The van der Waals surface area contributed by atoms with Crippen molar-refractivity contribution >= 4 is 25.6 Å². The standard InChI is InChI=1S/C10H16N2O5S2/c13-10(12-8-1-3-18(14,15)6-8)5-9-7-19(16,17)4-2-11-9/h1,3,8-9,11H,2,4-7H2,(H,12,13). The summed E-state index contributed by atoms with van der Waals surface area (Å²) in [5.74, 6) is -0.440. The van der Waals surface area contributed by atoms with Crippen LogP contribution in [0.5, 0.6) is 0 Å². The maximum atomic E-state index is 11.7. The molecule has 19 heavy (non-hydrogen) atoms. The predicted molar refractivity (Wildman–Crippen MR) is 69.9 cm³/mol. The average Bonchev–Trinajstić information content (AvgIpc) is 2.56. The van der Waals surface area contributed by atoms with E-state index in [-0.39, 0.29) is 29.6 Å². The third kappa shape index (κ3) is 4.29. The summed E-state index contributed by atoms with van der Waals surface area (Å²) in [5, 5.41) is 6.62. The molecule has 0 aliphatic carbocycles. The zero-order chi connectivity index (χ0) is 14.1. The summed E-state index contributed by atoms with van der Waals surface area (Å²) in [6.07, 6.45) is 1.46. The van der Waals surface area contributed by atoms with E-state index in [1.165, 1.54) is 6.08 Å². The molecule has 2 aliphatic heterocycles. The van der Waals surface area contributed by atoms with Gasteiger partial charge in [0.05, 0.1) is 23.3 Å². The van der Waals surface area contributed by atoms with E-state index >= 15 is 0 Å². The van der Waals surface area contributed by atoms with Crippen molar-refractivity contribution in [1.29, 1.82) is 0 Å². The Morgan fingerprint density at radius 1 is 1.26 bits per heavy atom. The number of carbonyl (C=O) groups is 1. The Kier molecular flexibility index (Phi) is 3.98. The first-order valence-electron chi connectivity index (χ1n) is 5.90. The van der Waals surface area contributed by atoms with Crippen LogP contribution in [0.3, 0.4) is 0 Å². The fraction of sp³-hybridized carbons (Fsp3) is 0.700. The topological polar surface area (TPSA) is 109 Å². The quantitative estimate of drug-likeness (QED) is 0.636. The molecule has 2 atom stereocenters. The van der Waals surface area contributed by atoms with Crippen molar-refractivity contribution in [2.45, 2.75) is 18.5 Å². The Labute approximate surface area is 112 Å². The van der Waals surface area contributed by atoms with Crippen LogP contribution in [0.1, 0.15) is 6.42 Å². The van der Waals surface area contributed by atoms with Gasteiger partial charge in [-0.05, 0) is 6.08 Å². The molecule has 0 saturated carbocycles. The van der Waals surface area contributed by atoms with Crippen LogP contribution in [0, 0.1) is 0 Å². The maximum Gasteiger partial charge on any atom is 0.222 e. The predicted octanol–water partition coefficient (Wildman–Crippen LogP) is -1.81. The third-order valence-electron chi connectivity index (χ3n) is 3.01. The summed E-state index contributed by atoms with van der Waals surface area (Å²) in [5.41, 5.74) is 0. The van der Waals surface area contributed by atoms with Crippen molar-refractivity contribution in [2.24, 2.45) is 0 Å². The molecular weight excluding hydrogens is 292 g/mol. The lowest BCUT2D eigenvalue weighted by Gasteiger charge is -2.23. The molecular formula is C10H16N2O5S2. The highest BCUT2D eigenvalue weighted by atomic mass is 32.2. The molecule has 9 heteroatoms. The molecule has 108 valence electrons. The molecule has 1 saturated heterocycles. The summed E-state index contributed by atoms with van der Waals surface area (Å²) >= 11 is 0. The van der Waals surface area contributed by atoms with Gasteiger partial charge in [0.2, 0.25) is 5.91 Å². The Bertz CT molecular complexity index is 593. The second kappa shape index (κ2) is 5.22. The Balaban J connectivity index is 1.84. The first kappa shape index (κ1) is 14.5. The summed E-state index contributed by atoms with van der Waals surface area (Å²) in [4.78, 5) is 11.7. The Hall–Kier alpha value is -0.930. The number of carbonyl (C=O) groups excluding carboxylic acids is 1. The lowest BCUT2D eigenvalue weighted by atomic mass is 10.2. The number of hydrogen-bond acceptors (Lipinski definition) is 6. The third-order valence-corrected chi connectivity index (χ3v) is 6.14. The van der Waals surface area contributed by atoms with E-state index in [0.29, 0.717) is 6.54 Å². The van der Waals surface area contributed by atoms with Crippen molar-refractivity contribution in [3.8, 4) is 0 Å². The van der Waals surface area contributed by atoms with Gasteiger partial charge in [-0.2, -0.15) is 0 Å². The van der Waals surface area contributed by atoms with Gasteiger partial charge in [0.1, 0.15) is 0 Å². The minimum atomic E-state index is -3.20. The monoisotopic (exact) mass is 308 g/mol. The van der Waals surface area contributed by atoms with Crippen LogP contribution in [-0.4, -0.2) is 58.6 Å². The van der Waals surface area contributed by atoms with Crippen LogP contribution in [0.2, 0.25) is 0 Å². The van der Waals surface area contributed by atoms with E-state index in [4.69, 9.17) is 0 Å². The van der Waals surface area contributed by atoms with Gasteiger partial charge in [0.15, 0.2) is 19.7 Å². The molecule has 2 rings (SSSR count). The summed E-state index contributed by atoms with van der Waals surface area (Å²) in [6.45, 7) is 0.345. The van der Waals surface area contributed by atoms with E-state index < -0.39 is 31.8 Å². The molecule has 0 radical (unpaired) electrons. The average molecular weight is 308 g/mol. The summed E-state index contributed by atoms with van der Waals surface area (Å²) in [7, 11) is -6.28. The highest BCUT2D eigenvalue weighted by Gasteiger charge is 2.28. The highest BCUT2D eigenvalue weighted by Crippen LogP contribution is 2.09. The van der Waals surface area contributed by atoms with Crippen LogP contribution in [0.15, 0.2) is 11.5 Å². The van der Waals surface area contributed by atoms with E-state index in [1.807, 2.05) is 0 Å². The lowest BCUT2D eigenvalue weighted by molar-refractivity contribution is -0.121. The SMILES string of the molecule is O=C(CC1CS(=O)(=O)CCN1)NC1C=CS(=O)(=O)C1. The second-order valence-electron chi connectivity index (χ2n) is 4.80. The van der Waals surface area contributed by atoms with E-state index in [1.54, 1.807) is 0 Å². The molecule has 2 N–H and O–H groups in total. The van der Waals surface area contributed by atoms with Crippen molar-refractivity contribution in [3.63, 3.8) is 0 Å². The minimum Gasteiger partial charge on any atom is -0.349 e. The fourth-order valence-corrected chi connectivity index (χ4v) is 4.83. The molecule has 2 aliphatic rings. The molecule has 7 nitrogen and oxygen atoms in total. The van der Waals surface area contributed by atoms with Crippen LogP contribution in [0.25, 0.3) is 0 Å². The molecule has 1 fully saturated rings. The van der Waals surface area contributed by atoms with Crippen molar-refractivity contribution < 1.29 is 21.6 Å². The Morgan fingerprint density at radius 2 is 2.00 bits per heavy atom. The van der Waals surface area contributed by atoms with Gasteiger partial charge < -0.3 is 10.6 Å². The number of amides is 1. The largest absolute Gasteiger partial charge is 0.349 e. The van der Waals surface area contributed by atoms with Gasteiger partial charge in [0, 0.05) is 24.4 Å². The van der Waals surface area contributed by atoms with Gasteiger partial charge in [-0.3, -0.25) is 4.79 Å². The van der Waals surface area contributed by atoms with E-state index in [0.717, 1.165) is 5.41 Å². The van der Waals surface area contributed by atoms with Gasteiger partial charge >= 0.3 is 0 Å². The number of rotatable bonds is 3. The van der Waals surface area contributed by atoms with Gasteiger partial charge in [-0.25, -0.2) is 16.8 Å². The number of sulfone groups is 2. The van der Waals surface area contributed by atoms with Gasteiger partial charge in [0.25, 0.3) is 0 Å². The first-order valence-corrected chi connectivity index (χ1v) is 9.44. The number of hydrogen-bond donors (Lipinski definition) is 2. The molecule has 0 aromatic heterocycles. The zero-order valence-corrected chi connectivity index (χ0v) is 11.8. The maximum absolute atomic E-state index is 11.7. The number of nitrogens with one attached hydrogen (secondary N) is 2. The molecule has 2 unspecified atom stereocenters. The molecule has 0 spiro atoms. The van der Waals surface area contributed by atoms with Gasteiger partial charge in [-0.15, -0.1) is 0 Å². The van der Waals surface area contributed by atoms with Crippen LogP contribution >= 0.6 is 0 Å². The smallest absolute Gasteiger partial charge is 0.222 e. The van der Waals surface area contributed by atoms with E-state index in [2.05, 4.69) is 10.6 Å².